The van der Waals surface area contributed by atoms with E-state index in [0.717, 1.165) is 24.1 Å². The maximum atomic E-state index is 12.8. The number of benzene rings is 2. The fourth-order valence-corrected chi connectivity index (χ4v) is 3.05. The fourth-order valence-electron chi connectivity index (χ4n) is 3.05. The van der Waals surface area contributed by atoms with Gasteiger partial charge in [-0.2, -0.15) is 0 Å². The lowest BCUT2D eigenvalue weighted by Gasteiger charge is -2.32. The summed E-state index contributed by atoms with van der Waals surface area (Å²) in [6, 6.07) is 13.9. The van der Waals surface area contributed by atoms with Gasteiger partial charge in [0.05, 0.1) is 0 Å². The van der Waals surface area contributed by atoms with Crippen molar-refractivity contribution in [2.24, 2.45) is 0 Å². The predicted octanol–water partition coefficient (Wildman–Crippen LogP) is 2.37. The van der Waals surface area contributed by atoms with Crippen molar-refractivity contribution in [2.75, 3.05) is 17.2 Å². The molecule has 5 heteroatoms. The normalized spacial score (nSPS) is 14.6. The Morgan fingerprint density at radius 3 is 2.62 bits per heavy atom. The van der Waals surface area contributed by atoms with Crippen molar-refractivity contribution in [3.63, 3.8) is 0 Å². The minimum Gasteiger partial charge on any atom is -0.398 e. The first-order chi connectivity index (χ1) is 11.6. The maximum Gasteiger partial charge on any atom is 0.251 e. The first kappa shape index (κ1) is 16.1. The van der Waals surface area contributed by atoms with Crippen LogP contribution in [-0.2, 0) is 11.2 Å². The zero-order valence-corrected chi connectivity index (χ0v) is 13.7. The second-order valence-electron chi connectivity index (χ2n) is 6.00. The van der Waals surface area contributed by atoms with Gasteiger partial charge in [-0.15, -0.1) is 0 Å². The molecule has 0 aliphatic carbocycles. The van der Waals surface area contributed by atoms with Gasteiger partial charge in [0, 0.05) is 23.5 Å². The molecule has 1 aliphatic heterocycles. The summed E-state index contributed by atoms with van der Waals surface area (Å²) >= 11 is 0. The Morgan fingerprint density at radius 1 is 1.12 bits per heavy atom. The smallest absolute Gasteiger partial charge is 0.251 e. The lowest BCUT2D eigenvalue weighted by molar-refractivity contribution is -0.120. The van der Waals surface area contributed by atoms with Crippen molar-refractivity contribution in [2.45, 2.75) is 25.8 Å². The van der Waals surface area contributed by atoms with E-state index in [2.05, 4.69) is 5.32 Å². The summed E-state index contributed by atoms with van der Waals surface area (Å²) in [5.41, 5.74) is 9.15. The Bertz CT molecular complexity index is 758. The van der Waals surface area contributed by atoms with Gasteiger partial charge in [-0.1, -0.05) is 24.3 Å². The predicted molar refractivity (Wildman–Crippen MR) is 94.9 cm³/mol. The second kappa shape index (κ2) is 6.74. The molecule has 0 bridgehead atoms. The Kier molecular flexibility index (Phi) is 4.51. The topological polar surface area (TPSA) is 75.4 Å². The zero-order valence-electron chi connectivity index (χ0n) is 13.7. The van der Waals surface area contributed by atoms with Crippen LogP contribution in [0.25, 0.3) is 0 Å². The van der Waals surface area contributed by atoms with E-state index in [-0.39, 0.29) is 11.8 Å². The Hall–Kier alpha value is -2.82. The first-order valence-electron chi connectivity index (χ1n) is 8.12. The summed E-state index contributed by atoms with van der Waals surface area (Å²) in [5, 5.41) is 2.78. The average Bonchev–Trinajstić information content (AvgIpc) is 2.61. The van der Waals surface area contributed by atoms with Crippen LogP contribution in [-0.4, -0.2) is 24.4 Å². The zero-order chi connectivity index (χ0) is 17.1. The van der Waals surface area contributed by atoms with Crippen LogP contribution in [0.15, 0.2) is 48.5 Å². The molecule has 2 amide bonds. The van der Waals surface area contributed by atoms with Crippen LogP contribution in [0.1, 0.15) is 29.3 Å². The van der Waals surface area contributed by atoms with Gasteiger partial charge in [-0.3, -0.25) is 9.59 Å². The molecule has 0 saturated heterocycles. The molecule has 0 spiro atoms. The number of nitrogens with one attached hydrogen (secondary N) is 1. The van der Waals surface area contributed by atoms with Crippen LogP contribution in [0.4, 0.5) is 11.4 Å². The van der Waals surface area contributed by atoms with Crippen molar-refractivity contribution >= 4 is 23.2 Å². The maximum absolute atomic E-state index is 12.8. The molecule has 2 aromatic carbocycles. The number of hydrogen-bond donors (Lipinski definition) is 2. The van der Waals surface area contributed by atoms with Crippen LogP contribution < -0.4 is 16.0 Å². The average molecular weight is 323 g/mol. The van der Waals surface area contributed by atoms with E-state index in [9.17, 15) is 9.59 Å². The number of hydrogen-bond acceptors (Lipinski definition) is 3. The number of fused-ring (bicyclic) bond motifs is 1. The molecular weight excluding hydrogens is 302 g/mol. The highest BCUT2D eigenvalue weighted by Crippen LogP contribution is 2.31. The number of nitrogens with two attached hydrogens (primary N) is 1. The van der Waals surface area contributed by atoms with E-state index >= 15 is 0 Å². The summed E-state index contributed by atoms with van der Waals surface area (Å²) in [4.78, 5) is 26.8. The number of carbonyl (C=O) groups excluding carboxylic acids is 2. The van der Waals surface area contributed by atoms with Gasteiger partial charge >= 0.3 is 0 Å². The highest BCUT2D eigenvalue weighted by molar-refractivity contribution is 6.03. The van der Waals surface area contributed by atoms with Gasteiger partial charge in [0.1, 0.15) is 6.04 Å². The van der Waals surface area contributed by atoms with Crippen molar-refractivity contribution in [1.82, 2.24) is 5.32 Å². The van der Waals surface area contributed by atoms with Crippen molar-refractivity contribution in [3.05, 3.63) is 59.7 Å². The van der Waals surface area contributed by atoms with E-state index in [1.54, 1.807) is 36.1 Å². The lowest BCUT2D eigenvalue weighted by Crippen LogP contribution is -2.48. The molecule has 3 rings (SSSR count). The molecule has 24 heavy (non-hydrogen) atoms. The number of amides is 2. The van der Waals surface area contributed by atoms with E-state index in [0.29, 0.717) is 17.8 Å². The van der Waals surface area contributed by atoms with Crippen LogP contribution in [0.3, 0.4) is 0 Å². The molecule has 0 saturated carbocycles. The standard InChI is InChI=1S/C19H21N3O2/c1-13(21-18(23)14-7-3-2-4-8-14)19(24)22-12-6-9-15-16(20)10-5-11-17(15)22/h2-5,7-8,10-11,13H,6,9,12,20H2,1H3,(H,21,23). The molecular formula is C19H21N3O2. The molecule has 5 nitrogen and oxygen atoms in total. The van der Waals surface area contributed by atoms with E-state index < -0.39 is 6.04 Å². The number of anilines is 2. The minimum atomic E-state index is -0.606. The monoisotopic (exact) mass is 323 g/mol. The molecule has 1 heterocycles. The number of nitrogen functional groups attached to an aromatic ring is 1. The van der Waals surface area contributed by atoms with Crippen LogP contribution in [0.2, 0.25) is 0 Å². The number of nitrogens with zero attached hydrogens (tertiary/aromatic N) is 1. The second-order valence-corrected chi connectivity index (χ2v) is 6.00. The molecule has 3 N–H and O–H groups in total. The first-order valence-corrected chi connectivity index (χ1v) is 8.12. The van der Waals surface area contributed by atoms with Gasteiger partial charge < -0.3 is 16.0 Å². The molecule has 0 radical (unpaired) electrons. The molecule has 1 aliphatic rings. The Labute approximate surface area is 141 Å². The summed E-state index contributed by atoms with van der Waals surface area (Å²) in [5.74, 6) is -0.368. The van der Waals surface area contributed by atoms with Gasteiger partial charge in [0.2, 0.25) is 5.91 Å². The Balaban J connectivity index is 1.76. The van der Waals surface area contributed by atoms with Gasteiger partial charge in [-0.25, -0.2) is 0 Å². The van der Waals surface area contributed by atoms with Crippen LogP contribution in [0, 0.1) is 0 Å². The highest BCUT2D eigenvalue weighted by atomic mass is 16.2. The van der Waals surface area contributed by atoms with Crippen molar-refractivity contribution < 1.29 is 9.59 Å². The lowest BCUT2D eigenvalue weighted by atomic mass is 9.99. The van der Waals surface area contributed by atoms with E-state index in [1.807, 2.05) is 24.3 Å². The third-order valence-electron chi connectivity index (χ3n) is 4.31. The fraction of sp³-hybridized carbons (Fsp3) is 0.263. The van der Waals surface area contributed by atoms with Crippen molar-refractivity contribution in [1.29, 1.82) is 0 Å². The molecule has 0 fully saturated rings. The summed E-state index contributed by atoms with van der Waals surface area (Å²) < 4.78 is 0. The van der Waals surface area contributed by atoms with E-state index in [1.165, 1.54) is 0 Å². The quantitative estimate of drug-likeness (QED) is 0.852. The van der Waals surface area contributed by atoms with E-state index in [4.69, 9.17) is 5.73 Å². The summed E-state index contributed by atoms with van der Waals surface area (Å²) in [6.07, 6.45) is 1.74. The van der Waals surface area contributed by atoms with Crippen LogP contribution >= 0.6 is 0 Å². The molecule has 124 valence electrons. The summed E-state index contributed by atoms with van der Waals surface area (Å²) in [6.45, 7) is 2.35. The van der Waals surface area contributed by atoms with Gasteiger partial charge in [0.15, 0.2) is 0 Å². The molecule has 2 aromatic rings. The minimum absolute atomic E-state index is 0.120. The van der Waals surface area contributed by atoms with Gasteiger partial charge in [-0.05, 0) is 49.6 Å². The molecule has 0 aromatic heterocycles. The SMILES string of the molecule is CC(NC(=O)c1ccccc1)C(=O)N1CCCc2c(N)cccc21. The third kappa shape index (κ3) is 3.11. The number of carbonyl (C=O) groups is 2. The Morgan fingerprint density at radius 2 is 1.88 bits per heavy atom. The van der Waals surface area contributed by atoms with Crippen molar-refractivity contribution in [3.8, 4) is 0 Å². The third-order valence-corrected chi connectivity index (χ3v) is 4.31. The molecule has 1 unspecified atom stereocenters. The largest absolute Gasteiger partial charge is 0.398 e. The van der Waals surface area contributed by atoms with Crippen LogP contribution in [0.5, 0.6) is 0 Å². The van der Waals surface area contributed by atoms with Gasteiger partial charge in [0.25, 0.3) is 5.91 Å². The highest BCUT2D eigenvalue weighted by Gasteiger charge is 2.28. The molecule has 1 atom stereocenters. The number of rotatable bonds is 3. The summed E-state index contributed by atoms with van der Waals surface area (Å²) in [7, 11) is 0.